The molecule has 1 atom stereocenters. The maximum atomic E-state index is 12.1. The van der Waals surface area contributed by atoms with Gasteiger partial charge in [-0.2, -0.15) is 13.2 Å². The summed E-state index contributed by atoms with van der Waals surface area (Å²) in [7, 11) is 0. The van der Waals surface area contributed by atoms with Crippen LogP contribution in [0.5, 0.6) is 0 Å². The number of alkyl halides is 3. The van der Waals surface area contributed by atoms with Crippen LogP contribution in [-0.4, -0.2) is 44.0 Å². The molecule has 0 bridgehead atoms. The van der Waals surface area contributed by atoms with Gasteiger partial charge in [0, 0.05) is 19.7 Å². The number of halogens is 3. The lowest BCUT2D eigenvalue weighted by Crippen LogP contribution is -2.40. The molecule has 4 nitrogen and oxygen atoms in total. The summed E-state index contributed by atoms with van der Waals surface area (Å²) >= 11 is 0. The molecule has 0 aromatic heterocycles. The van der Waals surface area contributed by atoms with E-state index in [-0.39, 0.29) is 12.1 Å². The van der Waals surface area contributed by atoms with Gasteiger partial charge >= 0.3 is 6.18 Å². The van der Waals surface area contributed by atoms with Gasteiger partial charge in [0.05, 0.1) is 18.6 Å². The molecule has 1 aliphatic heterocycles. The molecule has 0 spiro atoms. The fourth-order valence-electron chi connectivity index (χ4n) is 1.87. The van der Waals surface area contributed by atoms with E-state index < -0.39 is 12.6 Å². The van der Waals surface area contributed by atoms with Gasteiger partial charge in [0.2, 0.25) is 0 Å². The van der Waals surface area contributed by atoms with Gasteiger partial charge in [-0.1, -0.05) is 0 Å². The smallest absolute Gasteiger partial charge is 0.373 e. The van der Waals surface area contributed by atoms with Crippen molar-refractivity contribution in [2.75, 3.05) is 26.2 Å². The molecule has 1 rings (SSSR count). The Kier molecular flexibility index (Phi) is 5.90. The zero-order valence-electron chi connectivity index (χ0n) is 11.4. The van der Waals surface area contributed by atoms with Crippen LogP contribution in [0.1, 0.15) is 33.1 Å². The van der Waals surface area contributed by atoms with E-state index in [4.69, 9.17) is 4.74 Å². The Morgan fingerprint density at radius 3 is 2.63 bits per heavy atom. The molecule has 0 aromatic carbocycles. The van der Waals surface area contributed by atoms with Crippen molar-refractivity contribution in [3.05, 3.63) is 0 Å². The summed E-state index contributed by atoms with van der Waals surface area (Å²) in [6.45, 7) is 5.46. The third-order valence-electron chi connectivity index (χ3n) is 2.92. The summed E-state index contributed by atoms with van der Waals surface area (Å²) in [5, 5.41) is 5.61. The van der Waals surface area contributed by atoms with Crippen LogP contribution in [0.3, 0.4) is 0 Å². The zero-order valence-corrected chi connectivity index (χ0v) is 11.4. The van der Waals surface area contributed by atoms with Crippen molar-refractivity contribution in [2.24, 2.45) is 4.99 Å². The van der Waals surface area contributed by atoms with Crippen LogP contribution in [0, 0.1) is 0 Å². The van der Waals surface area contributed by atoms with E-state index in [1.807, 2.05) is 13.8 Å². The summed E-state index contributed by atoms with van der Waals surface area (Å²) in [6.07, 6.45) is -3.08. The Bertz CT molecular complexity index is 299. The molecule has 1 aliphatic rings. The second kappa shape index (κ2) is 6.98. The molecule has 1 fully saturated rings. The molecule has 1 saturated heterocycles. The largest absolute Gasteiger partial charge is 0.390 e. The first-order chi connectivity index (χ1) is 8.85. The van der Waals surface area contributed by atoms with Gasteiger partial charge in [0.1, 0.15) is 0 Å². The minimum atomic E-state index is -4.15. The minimum absolute atomic E-state index is 0.174. The Labute approximate surface area is 111 Å². The predicted octanol–water partition coefficient (Wildman–Crippen LogP) is 2.06. The summed E-state index contributed by atoms with van der Waals surface area (Å²) < 4.78 is 41.8. The van der Waals surface area contributed by atoms with Gasteiger partial charge in [-0.05, 0) is 26.7 Å². The lowest BCUT2D eigenvalue weighted by molar-refractivity contribution is -0.132. The molecule has 7 heteroatoms. The number of ether oxygens (including phenoxy) is 1. The van der Waals surface area contributed by atoms with Gasteiger partial charge in [-0.25, -0.2) is 0 Å². The van der Waals surface area contributed by atoms with Crippen LogP contribution in [0.15, 0.2) is 4.99 Å². The lowest BCUT2D eigenvalue weighted by Gasteiger charge is -2.21. The van der Waals surface area contributed by atoms with Gasteiger partial charge in [-0.15, -0.1) is 0 Å². The fourth-order valence-corrected chi connectivity index (χ4v) is 1.87. The molecule has 0 amide bonds. The van der Waals surface area contributed by atoms with Crippen molar-refractivity contribution < 1.29 is 17.9 Å². The van der Waals surface area contributed by atoms with E-state index >= 15 is 0 Å². The normalized spacial score (nSPS) is 24.6. The van der Waals surface area contributed by atoms with Gasteiger partial charge < -0.3 is 15.4 Å². The van der Waals surface area contributed by atoms with Crippen LogP contribution < -0.4 is 10.6 Å². The molecule has 1 unspecified atom stereocenters. The first kappa shape index (κ1) is 16.1. The third kappa shape index (κ3) is 6.66. The summed E-state index contributed by atoms with van der Waals surface area (Å²) in [6, 6.07) is 0. The number of nitrogens with zero attached hydrogens (tertiary/aromatic N) is 1. The van der Waals surface area contributed by atoms with Crippen molar-refractivity contribution in [2.45, 2.75) is 44.9 Å². The molecule has 0 aromatic rings. The number of hydrogen-bond donors (Lipinski definition) is 2. The summed E-state index contributed by atoms with van der Waals surface area (Å²) in [5.41, 5.74) is -0.285. The molecular formula is C12H22F3N3O. The number of hydrogen-bond acceptors (Lipinski definition) is 2. The maximum absolute atomic E-state index is 12.1. The monoisotopic (exact) mass is 281 g/mol. The van der Waals surface area contributed by atoms with E-state index in [2.05, 4.69) is 15.6 Å². The number of rotatable bonds is 5. The fraction of sp³-hybridized carbons (Fsp3) is 0.917. The van der Waals surface area contributed by atoms with E-state index in [1.54, 1.807) is 0 Å². The van der Waals surface area contributed by atoms with Crippen molar-refractivity contribution >= 4 is 5.96 Å². The lowest BCUT2D eigenvalue weighted by atomic mass is 10.0. The molecule has 112 valence electrons. The van der Waals surface area contributed by atoms with Gasteiger partial charge in [0.15, 0.2) is 5.96 Å². The first-order valence-electron chi connectivity index (χ1n) is 6.57. The SMILES string of the molecule is CCNC(=NCC1(C)CCCO1)NCCC(F)(F)F. The quantitative estimate of drug-likeness (QED) is 0.599. The molecule has 19 heavy (non-hydrogen) atoms. The second-order valence-electron chi connectivity index (χ2n) is 4.89. The van der Waals surface area contributed by atoms with Crippen LogP contribution >= 0.6 is 0 Å². The highest BCUT2D eigenvalue weighted by molar-refractivity contribution is 5.79. The highest BCUT2D eigenvalue weighted by atomic mass is 19.4. The standard InChI is InChI=1S/C12H22F3N3O/c1-3-16-10(17-7-6-12(13,14)15)18-9-11(2)5-4-8-19-11/h3-9H2,1-2H3,(H2,16,17,18). The highest BCUT2D eigenvalue weighted by Crippen LogP contribution is 2.25. The Morgan fingerprint density at radius 2 is 2.11 bits per heavy atom. The Morgan fingerprint density at radius 1 is 1.37 bits per heavy atom. The van der Waals surface area contributed by atoms with E-state index in [9.17, 15) is 13.2 Å². The minimum Gasteiger partial charge on any atom is -0.373 e. The molecule has 0 aliphatic carbocycles. The van der Waals surface area contributed by atoms with E-state index in [0.717, 1.165) is 19.4 Å². The predicted molar refractivity (Wildman–Crippen MR) is 68.2 cm³/mol. The van der Waals surface area contributed by atoms with Crippen molar-refractivity contribution in [1.82, 2.24) is 10.6 Å². The highest BCUT2D eigenvalue weighted by Gasteiger charge is 2.29. The van der Waals surface area contributed by atoms with Crippen molar-refractivity contribution in [3.8, 4) is 0 Å². The molecule has 1 heterocycles. The number of nitrogens with one attached hydrogen (secondary N) is 2. The topological polar surface area (TPSA) is 45.7 Å². The van der Waals surface area contributed by atoms with Crippen LogP contribution in [0.25, 0.3) is 0 Å². The molecule has 0 radical (unpaired) electrons. The Balaban J connectivity index is 2.42. The molecule has 0 saturated carbocycles. The summed E-state index contributed by atoms with van der Waals surface area (Å²) in [4.78, 5) is 4.29. The zero-order chi connectivity index (χ0) is 14.4. The average molecular weight is 281 g/mol. The summed E-state index contributed by atoms with van der Waals surface area (Å²) in [5.74, 6) is 0.406. The van der Waals surface area contributed by atoms with Gasteiger partial charge in [0.25, 0.3) is 0 Å². The maximum Gasteiger partial charge on any atom is 0.390 e. The van der Waals surface area contributed by atoms with Crippen LogP contribution in [-0.2, 0) is 4.74 Å². The van der Waals surface area contributed by atoms with Crippen LogP contribution in [0.2, 0.25) is 0 Å². The third-order valence-corrected chi connectivity index (χ3v) is 2.92. The molecular weight excluding hydrogens is 259 g/mol. The number of guanidine groups is 1. The first-order valence-corrected chi connectivity index (χ1v) is 6.57. The number of aliphatic imine (C=N–C) groups is 1. The van der Waals surface area contributed by atoms with Crippen molar-refractivity contribution in [1.29, 1.82) is 0 Å². The molecule has 2 N–H and O–H groups in total. The Hall–Kier alpha value is -0.980. The van der Waals surface area contributed by atoms with Crippen molar-refractivity contribution in [3.63, 3.8) is 0 Å². The second-order valence-corrected chi connectivity index (χ2v) is 4.89. The van der Waals surface area contributed by atoms with E-state index in [1.165, 1.54) is 0 Å². The average Bonchev–Trinajstić information content (AvgIpc) is 2.72. The van der Waals surface area contributed by atoms with Gasteiger partial charge in [-0.3, -0.25) is 4.99 Å². The van der Waals surface area contributed by atoms with Crippen LogP contribution in [0.4, 0.5) is 13.2 Å². The van der Waals surface area contributed by atoms with E-state index in [0.29, 0.717) is 19.0 Å².